The summed E-state index contributed by atoms with van der Waals surface area (Å²) in [6.07, 6.45) is 8.61. The molecule has 28 heavy (non-hydrogen) atoms. The lowest BCUT2D eigenvalue weighted by atomic mass is 9.90. The molecule has 150 valence electrons. The standard InChI is InChI=1S/C25H32N2O.H2/c1-3-14-26-25(28)22-13-12-21-16-20-10-6-7-11-23(20)27(24(21)17-22)18(2)15-19-8-4-5-9-19;/h6-7,10-13,17-19H,3-5,8-9,14-16H2,1-2H3,(H,26,28);1H. The molecule has 1 N–H and O–H groups in total. The second-order valence-electron chi connectivity index (χ2n) is 8.51. The summed E-state index contributed by atoms with van der Waals surface area (Å²) < 4.78 is 0. The average molecular weight is 379 g/mol. The number of nitrogens with one attached hydrogen (secondary N) is 1. The maximum Gasteiger partial charge on any atom is 0.251 e. The van der Waals surface area contributed by atoms with Crippen LogP contribution in [-0.4, -0.2) is 18.5 Å². The molecule has 0 radical (unpaired) electrons. The van der Waals surface area contributed by atoms with Gasteiger partial charge in [-0.1, -0.05) is 56.9 Å². The Bertz CT molecular complexity index is 844. The van der Waals surface area contributed by atoms with Gasteiger partial charge in [0.05, 0.1) is 0 Å². The molecule has 3 nitrogen and oxygen atoms in total. The van der Waals surface area contributed by atoms with E-state index in [0.717, 1.165) is 30.9 Å². The molecule has 4 rings (SSSR count). The van der Waals surface area contributed by atoms with Crippen LogP contribution >= 0.6 is 0 Å². The minimum atomic E-state index is 0. The summed E-state index contributed by atoms with van der Waals surface area (Å²) in [7, 11) is 0. The Hall–Kier alpha value is -2.29. The van der Waals surface area contributed by atoms with E-state index in [1.807, 2.05) is 6.07 Å². The highest BCUT2D eigenvalue weighted by Crippen LogP contribution is 2.42. The molecule has 1 atom stereocenters. The third-order valence-corrected chi connectivity index (χ3v) is 6.36. The molecular formula is C25H34N2O. The fraction of sp³-hybridized carbons (Fsp3) is 0.480. The van der Waals surface area contributed by atoms with E-state index in [2.05, 4.69) is 60.5 Å². The van der Waals surface area contributed by atoms with E-state index in [0.29, 0.717) is 6.04 Å². The van der Waals surface area contributed by atoms with Crippen molar-refractivity contribution >= 4 is 17.3 Å². The molecule has 2 aromatic carbocycles. The first-order valence-electron chi connectivity index (χ1n) is 11.0. The van der Waals surface area contributed by atoms with Gasteiger partial charge in [0, 0.05) is 37.4 Å². The third-order valence-electron chi connectivity index (χ3n) is 6.36. The SMILES string of the molecule is CCCNC(=O)c1ccc2c(c1)N(C(C)CC1CCCC1)c1ccccc1C2.[HH]. The second-order valence-corrected chi connectivity index (χ2v) is 8.51. The molecule has 0 saturated heterocycles. The number of anilines is 2. The zero-order chi connectivity index (χ0) is 19.5. The van der Waals surface area contributed by atoms with Crippen LogP contribution in [0.25, 0.3) is 0 Å². The molecule has 1 heterocycles. The van der Waals surface area contributed by atoms with Gasteiger partial charge < -0.3 is 10.2 Å². The largest absolute Gasteiger partial charge is 0.352 e. The number of carbonyl (C=O) groups is 1. The molecule has 3 heteroatoms. The monoisotopic (exact) mass is 378 g/mol. The molecule has 1 aliphatic heterocycles. The fourth-order valence-corrected chi connectivity index (χ4v) is 4.96. The van der Waals surface area contributed by atoms with E-state index >= 15 is 0 Å². The van der Waals surface area contributed by atoms with Crippen molar-refractivity contribution in [3.63, 3.8) is 0 Å². The van der Waals surface area contributed by atoms with Crippen LogP contribution in [0.2, 0.25) is 0 Å². The van der Waals surface area contributed by atoms with Crippen molar-refractivity contribution in [1.29, 1.82) is 0 Å². The van der Waals surface area contributed by atoms with Crippen molar-refractivity contribution in [3.05, 3.63) is 59.2 Å². The molecule has 1 saturated carbocycles. The number of hydrogen-bond acceptors (Lipinski definition) is 2. The van der Waals surface area contributed by atoms with Crippen LogP contribution < -0.4 is 10.2 Å². The Morgan fingerprint density at radius 1 is 1.14 bits per heavy atom. The predicted octanol–water partition coefficient (Wildman–Crippen LogP) is 6.08. The molecule has 1 unspecified atom stereocenters. The highest BCUT2D eigenvalue weighted by Gasteiger charge is 2.29. The molecule has 0 bridgehead atoms. The number of nitrogens with zero attached hydrogens (tertiary/aromatic N) is 1. The van der Waals surface area contributed by atoms with E-state index in [-0.39, 0.29) is 7.33 Å². The molecule has 0 spiro atoms. The number of amides is 1. The lowest BCUT2D eigenvalue weighted by molar-refractivity contribution is 0.0953. The van der Waals surface area contributed by atoms with Crippen molar-refractivity contribution in [2.24, 2.45) is 5.92 Å². The Kier molecular flexibility index (Phi) is 5.70. The molecule has 2 aliphatic rings. The summed E-state index contributed by atoms with van der Waals surface area (Å²) in [4.78, 5) is 15.1. The van der Waals surface area contributed by atoms with E-state index in [1.165, 1.54) is 54.6 Å². The first-order valence-corrected chi connectivity index (χ1v) is 11.0. The molecule has 0 aromatic heterocycles. The van der Waals surface area contributed by atoms with Crippen LogP contribution in [0.5, 0.6) is 0 Å². The first-order chi connectivity index (χ1) is 13.7. The second kappa shape index (κ2) is 8.38. The lowest BCUT2D eigenvalue weighted by Crippen LogP contribution is -2.34. The number of fused-ring (bicyclic) bond motifs is 2. The van der Waals surface area contributed by atoms with E-state index < -0.39 is 0 Å². The van der Waals surface area contributed by atoms with Crippen LogP contribution in [0, 0.1) is 5.92 Å². The van der Waals surface area contributed by atoms with E-state index in [9.17, 15) is 4.79 Å². The summed E-state index contributed by atoms with van der Waals surface area (Å²) in [5, 5.41) is 3.02. The van der Waals surface area contributed by atoms with Crippen LogP contribution in [0.3, 0.4) is 0 Å². The van der Waals surface area contributed by atoms with Crippen molar-refractivity contribution in [2.45, 2.75) is 64.8 Å². The molecular weight excluding hydrogens is 344 g/mol. The maximum atomic E-state index is 12.6. The molecule has 1 aliphatic carbocycles. The number of benzene rings is 2. The highest BCUT2D eigenvalue weighted by atomic mass is 16.1. The summed E-state index contributed by atoms with van der Waals surface area (Å²) in [6, 6.07) is 15.4. The van der Waals surface area contributed by atoms with Crippen molar-refractivity contribution in [1.82, 2.24) is 5.32 Å². The first kappa shape index (κ1) is 19.0. The third kappa shape index (κ3) is 3.80. The van der Waals surface area contributed by atoms with Gasteiger partial charge in [-0.15, -0.1) is 0 Å². The van der Waals surface area contributed by atoms with Gasteiger partial charge in [-0.2, -0.15) is 0 Å². The van der Waals surface area contributed by atoms with Gasteiger partial charge in [0.2, 0.25) is 0 Å². The zero-order valence-corrected chi connectivity index (χ0v) is 17.2. The quantitative estimate of drug-likeness (QED) is 0.660. The van der Waals surface area contributed by atoms with Gasteiger partial charge >= 0.3 is 0 Å². The number of rotatable bonds is 6. The molecule has 1 amide bonds. The Morgan fingerprint density at radius 3 is 2.68 bits per heavy atom. The predicted molar refractivity (Wildman–Crippen MR) is 119 cm³/mol. The van der Waals surface area contributed by atoms with E-state index in [4.69, 9.17) is 0 Å². The topological polar surface area (TPSA) is 32.3 Å². The number of hydrogen-bond donors (Lipinski definition) is 1. The fourth-order valence-electron chi connectivity index (χ4n) is 4.96. The lowest BCUT2D eigenvalue weighted by Gasteiger charge is -2.39. The van der Waals surface area contributed by atoms with Gasteiger partial charge in [-0.25, -0.2) is 0 Å². The van der Waals surface area contributed by atoms with Gasteiger partial charge in [0.1, 0.15) is 0 Å². The smallest absolute Gasteiger partial charge is 0.251 e. The van der Waals surface area contributed by atoms with Gasteiger partial charge in [0.25, 0.3) is 5.91 Å². The molecule has 1 fully saturated rings. The minimum Gasteiger partial charge on any atom is -0.352 e. The summed E-state index contributed by atoms with van der Waals surface area (Å²) in [6.45, 7) is 5.16. The van der Waals surface area contributed by atoms with Crippen molar-refractivity contribution in [2.75, 3.05) is 11.4 Å². The minimum absolute atomic E-state index is 0. The number of carbonyl (C=O) groups excluding carboxylic acids is 1. The summed E-state index contributed by atoms with van der Waals surface area (Å²) >= 11 is 0. The normalized spacial score (nSPS) is 17.1. The van der Waals surface area contributed by atoms with Crippen LogP contribution in [0.4, 0.5) is 11.4 Å². The van der Waals surface area contributed by atoms with Gasteiger partial charge in [-0.3, -0.25) is 4.79 Å². The maximum absolute atomic E-state index is 12.6. The Morgan fingerprint density at radius 2 is 1.89 bits per heavy atom. The summed E-state index contributed by atoms with van der Waals surface area (Å²) in [5.74, 6) is 0.871. The molecule has 2 aromatic rings. The van der Waals surface area contributed by atoms with Crippen LogP contribution in [0.1, 0.15) is 75.3 Å². The average Bonchev–Trinajstić information content (AvgIpc) is 3.22. The van der Waals surface area contributed by atoms with Crippen LogP contribution in [-0.2, 0) is 6.42 Å². The van der Waals surface area contributed by atoms with Crippen molar-refractivity contribution < 1.29 is 6.22 Å². The van der Waals surface area contributed by atoms with Crippen molar-refractivity contribution in [3.8, 4) is 0 Å². The highest BCUT2D eigenvalue weighted by molar-refractivity contribution is 5.96. The Balaban J connectivity index is 0.00000240. The number of para-hydroxylation sites is 1. The van der Waals surface area contributed by atoms with Gasteiger partial charge in [0.15, 0.2) is 0 Å². The Labute approximate surface area is 170 Å². The zero-order valence-electron chi connectivity index (χ0n) is 17.2. The van der Waals surface area contributed by atoms with Crippen LogP contribution in [0.15, 0.2) is 42.5 Å². The van der Waals surface area contributed by atoms with E-state index in [1.54, 1.807) is 0 Å². The van der Waals surface area contributed by atoms with Gasteiger partial charge in [-0.05, 0) is 55.0 Å². The summed E-state index contributed by atoms with van der Waals surface area (Å²) in [5.41, 5.74) is 6.00.